The number of rotatable bonds is 0. The summed E-state index contributed by atoms with van der Waals surface area (Å²) in [5, 5.41) is 0. The molecule has 118 valence electrons. The van der Waals surface area contributed by atoms with Crippen molar-refractivity contribution in [2.24, 2.45) is 5.92 Å². The highest BCUT2D eigenvalue weighted by Crippen LogP contribution is 2.57. The van der Waals surface area contributed by atoms with Crippen molar-refractivity contribution in [3.8, 4) is 11.8 Å². The Morgan fingerprint density at radius 3 is 3.09 bits per heavy atom. The maximum atomic E-state index is 12.0. The normalized spacial score (nSPS) is 40.7. The summed E-state index contributed by atoms with van der Waals surface area (Å²) in [5.74, 6) is 6.97. The highest BCUT2D eigenvalue weighted by atomic mass is 16.6. The van der Waals surface area contributed by atoms with Crippen LogP contribution < -0.4 is 0 Å². The van der Waals surface area contributed by atoms with Crippen molar-refractivity contribution in [3.63, 3.8) is 0 Å². The molecule has 1 spiro atoms. The molecule has 0 amide bonds. The summed E-state index contributed by atoms with van der Waals surface area (Å²) in [6, 6.07) is 0.584. The van der Waals surface area contributed by atoms with E-state index in [2.05, 4.69) is 35.0 Å². The minimum atomic E-state index is -0.399. The van der Waals surface area contributed by atoms with E-state index < -0.39 is 5.60 Å². The van der Waals surface area contributed by atoms with Crippen molar-refractivity contribution < 1.29 is 9.53 Å². The summed E-state index contributed by atoms with van der Waals surface area (Å²) >= 11 is 0. The van der Waals surface area contributed by atoms with E-state index in [4.69, 9.17) is 4.74 Å². The van der Waals surface area contributed by atoms with E-state index in [1.165, 1.54) is 25.7 Å². The van der Waals surface area contributed by atoms with Gasteiger partial charge in [0.1, 0.15) is 0 Å². The first-order valence-corrected chi connectivity index (χ1v) is 8.90. The zero-order valence-electron chi connectivity index (χ0n) is 13.3. The molecule has 23 heavy (non-hydrogen) atoms. The zero-order valence-corrected chi connectivity index (χ0v) is 13.3. The number of allylic oxidation sites excluding steroid dienone is 2. The van der Waals surface area contributed by atoms with Gasteiger partial charge in [0.15, 0.2) is 5.60 Å². The van der Waals surface area contributed by atoms with Crippen molar-refractivity contribution in [3.05, 3.63) is 35.5 Å². The predicted octanol–water partition coefficient (Wildman–Crippen LogP) is 2.74. The molecule has 0 saturated carbocycles. The number of ether oxygens (including phenoxy) is 1. The molecule has 3 heteroatoms. The lowest BCUT2D eigenvalue weighted by molar-refractivity contribution is -0.194. The number of carbonyl (C=O) groups excluding carboxylic acids is 1. The largest absolute Gasteiger partial charge is 0.447 e. The van der Waals surface area contributed by atoms with Gasteiger partial charge in [0.25, 0.3) is 0 Å². The van der Waals surface area contributed by atoms with E-state index >= 15 is 0 Å². The van der Waals surface area contributed by atoms with Crippen LogP contribution in [-0.4, -0.2) is 35.1 Å². The van der Waals surface area contributed by atoms with Crippen molar-refractivity contribution in [1.82, 2.24) is 4.90 Å². The Morgan fingerprint density at radius 1 is 1.26 bits per heavy atom. The fourth-order valence-corrected chi connectivity index (χ4v) is 5.03. The monoisotopic (exact) mass is 307 g/mol. The molecule has 5 rings (SSSR count). The van der Waals surface area contributed by atoms with Crippen LogP contribution in [0.2, 0.25) is 0 Å². The van der Waals surface area contributed by atoms with Crippen LogP contribution in [0.4, 0.5) is 0 Å². The maximum Gasteiger partial charge on any atom is 0.332 e. The lowest BCUT2D eigenvalue weighted by atomic mass is 9.70. The molecule has 3 nitrogen and oxygen atoms in total. The van der Waals surface area contributed by atoms with E-state index in [-0.39, 0.29) is 12.0 Å². The quantitative estimate of drug-likeness (QED) is 0.391. The van der Waals surface area contributed by atoms with Crippen LogP contribution in [0.5, 0.6) is 0 Å². The average molecular weight is 307 g/mol. The number of esters is 1. The lowest BCUT2D eigenvalue weighted by Gasteiger charge is -2.60. The van der Waals surface area contributed by atoms with Gasteiger partial charge in [-0.05, 0) is 44.7 Å². The SMILES string of the molecule is O=C1C=C2C(C#CC3C=CCCC3)=C[C@H]3N4CCCC[C@@H]4C23O1. The first-order chi connectivity index (χ1) is 11.3. The minimum absolute atomic E-state index is 0.180. The molecular formula is C20H21NO2. The summed E-state index contributed by atoms with van der Waals surface area (Å²) in [6.45, 7) is 1.12. The van der Waals surface area contributed by atoms with Gasteiger partial charge in [-0.3, -0.25) is 4.90 Å². The summed E-state index contributed by atoms with van der Waals surface area (Å²) < 4.78 is 5.86. The number of piperidine rings is 1. The Hall–Kier alpha value is -1.79. The van der Waals surface area contributed by atoms with Gasteiger partial charge in [-0.15, -0.1) is 0 Å². The van der Waals surface area contributed by atoms with Gasteiger partial charge in [-0.2, -0.15) is 0 Å². The van der Waals surface area contributed by atoms with Gasteiger partial charge in [0.05, 0.1) is 12.1 Å². The minimum Gasteiger partial charge on any atom is -0.447 e. The third kappa shape index (κ3) is 1.79. The Labute approximate surface area is 137 Å². The summed E-state index contributed by atoms with van der Waals surface area (Å²) in [7, 11) is 0. The molecule has 0 aromatic carbocycles. The standard InChI is InChI=1S/C20H21NO2/c22-19-13-16-15(10-9-14-6-2-1-3-7-14)12-18-20(16,23-19)17-8-4-5-11-21(17)18/h2,6,12-14,17-18H,1,3-5,7-8,11H2/t14?,17-,18-,20?/m1/s1. The number of carbonyl (C=O) groups is 1. The van der Waals surface area contributed by atoms with E-state index in [1.54, 1.807) is 6.08 Å². The molecule has 2 aliphatic carbocycles. The van der Waals surface area contributed by atoms with Crippen LogP contribution in [0, 0.1) is 17.8 Å². The molecule has 2 saturated heterocycles. The molecule has 0 bridgehead atoms. The van der Waals surface area contributed by atoms with Gasteiger partial charge in [-0.25, -0.2) is 4.79 Å². The summed E-state index contributed by atoms with van der Waals surface area (Å²) in [5.41, 5.74) is 1.70. The lowest BCUT2D eigenvalue weighted by Crippen LogP contribution is -2.76. The molecule has 0 radical (unpaired) electrons. The molecule has 0 aromatic heterocycles. The molecule has 4 atom stereocenters. The van der Waals surface area contributed by atoms with Crippen LogP contribution >= 0.6 is 0 Å². The number of hydrogen-bond acceptors (Lipinski definition) is 3. The molecule has 3 aliphatic heterocycles. The first kappa shape index (κ1) is 13.6. The second-order valence-corrected chi connectivity index (χ2v) is 7.28. The van der Waals surface area contributed by atoms with Crippen LogP contribution in [0.1, 0.15) is 38.5 Å². The zero-order chi connectivity index (χ0) is 15.4. The Morgan fingerprint density at radius 2 is 2.22 bits per heavy atom. The van der Waals surface area contributed by atoms with Crippen molar-refractivity contribution in [2.45, 2.75) is 56.2 Å². The second-order valence-electron chi connectivity index (χ2n) is 7.28. The summed E-state index contributed by atoms with van der Waals surface area (Å²) in [4.78, 5) is 14.5. The van der Waals surface area contributed by atoms with Crippen LogP contribution in [0.25, 0.3) is 0 Å². The average Bonchev–Trinajstić information content (AvgIpc) is 3.06. The van der Waals surface area contributed by atoms with Gasteiger partial charge < -0.3 is 4.74 Å². The molecular weight excluding hydrogens is 286 g/mol. The maximum absolute atomic E-state index is 12.0. The molecule has 5 aliphatic rings. The Bertz CT molecular complexity index is 720. The first-order valence-electron chi connectivity index (χ1n) is 8.90. The van der Waals surface area contributed by atoms with Gasteiger partial charge >= 0.3 is 5.97 Å². The van der Waals surface area contributed by atoms with Crippen LogP contribution in [0.3, 0.4) is 0 Å². The Balaban J connectivity index is 1.49. The predicted molar refractivity (Wildman–Crippen MR) is 87.4 cm³/mol. The fraction of sp³-hybridized carbons (Fsp3) is 0.550. The van der Waals surface area contributed by atoms with Crippen LogP contribution in [0.15, 0.2) is 35.5 Å². The number of hydrogen-bond donors (Lipinski definition) is 0. The molecule has 3 heterocycles. The number of fused-ring (bicyclic) bond motifs is 2. The molecule has 0 N–H and O–H groups in total. The smallest absolute Gasteiger partial charge is 0.332 e. The third-order valence-electron chi connectivity index (χ3n) is 6.05. The fourth-order valence-electron chi connectivity index (χ4n) is 5.03. The van der Waals surface area contributed by atoms with Gasteiger partial charge in [0.2, 0.25) is 0 Å². The van der Waals surface area contributed by atoms with Crippen molar-refractivity contribution in [2.75, 3.05) is 6.54 Å². The highest BCUT2D eigenvalue weighted by molar-refractivity contribution is 5.91. The third-order valence-corrected chi connectivity index (χ3v) is 6.05. The molecule has 2 fully saturated rings. The summed E-state index contributed by atoms with van der Waals surface area (Å²) in [6.07, 6.45) is 15.6. The van der Waals surface area contributed by atoms with E-state index in [0.717, 1.165) is 30.5 Å². The van der Waals surface area contributed by atoms with Gasteiger partial charge in [-0.1, -0.05) is 30.4 Å². The van der Waals surface area contributed by atoms with Crippen molar-refractivity contribution >= 4 is 5.97 Å². The highest BCUT2D eigenvalue weighted by Gasteiger charge is 2.69. The number of nitrogens with zero attached hydrogens (tertiary/aromatic N) is 1. The van der Waals surface area contributed by atoms with Gasteiger partial charge in [0, 0.05) is 23.1 Å². The van der Waals surface area contributed by atoms with E-state index in [1.807, 2.05) is 0 Å². The second kappa shape index (κ2) is 4.85. The van der Waals surface area contributed by atoms with Crippen molar-refractivity contribution in [1.29, 1.82) is 0 Å². The topological polar surface area (TPSA) is 29.5 Å². The molecule has 0 aromatic rings. The molecule has 2 unspecified atom stereocenters. The van der Waals surface area contributed by atoms with E-state index in [9.17, 15) is 4.79 Å². The van der Waals surface area contributed by atoms with E-state index in [0.29, 0.717) is 12.0 Å². The Kier molecular flexibility index (Phi) is 2.87. The van der Waals surface area contributed by atoms with Crippen LogP contribution in [-0.2, 0) is 9.53 Å².